The lowest BCUT2D eigenvalue weighted by Crippen LogP contribution is -2.46. The number of nitrogens with one attached hydrogen (secondary N) is 1. The average molecular weight is 325 g/mol. The summed E-state index contributed by atoms with van der Waals surface area (Å²) in [5, 5.41) is 3.03. The third-order valence-corrected chi connectivity index (χ3v) is 4.34. The zero-order chi connectivity index (χ0) is 15.2. The number of hydrogen-bond donors (Lipinski definition) is 2. The van der Waals surface area contributed by atoms with Crippen LogP contribution in [0.15, 0.2) is 24.3 Å². The molecule has 0 aromatic heterocycles. The maximum Gasteiger partial charge on any atom is 0.252 e. The minimum atomic E-state index is -0.193. The van der Waals surface area contributed by atoms with Gasteiger partial charge in [0.1, 0.15) is 0 Å². The molecular weight excluding hydrogens is 300 g/mol. The molecule has 1 aliphatic rings. The lowest BCUT2D eigenvalue weighted by molar-refractivity contribution is 0.0905. The van der Waals surface area contributed by atoms with Crippen LogP contribution < -0.4 is 11.1 Å². The molecule has 1 atom stereocenters. The summed E-state index contributed by atoms with van der Waals surface area (Å²) in [6, 6.07) is 6.93. The van der Waals surface area contributed by atoms with E-state index in [2.05, 4.69) is 5.32 Å². The molecule has 0 saturated heterocycles. The fourth-order valence-corrected chi connectivity index (χ4v) is 3.14. The van der Waals surface area contributed by atoms with Crippen molar-refractivity contribution in [1.29, 1.82) is 0 Å². The number of Topliss-reactive ketones (excluding diaryl/α,β-unsaturated/α-hetero) is 1. The maximum absolute atomic E-state index is 12.5. The lowest BCUT2D eigenvalue weighted by atomic mass is 9.83. The molecule has 3 N–H and O–H groups in total. The number of halogens is 1. The number of nitrogens with two attached hydrogens (primary N) is 1. The fourth-order valence-electron chi connectivity index (χ4n) is 3.14. The van der Waals surface area contributed by atoms with Crippen molar-refractivity contribution in [2.45, 2.75) is 45.1 Å². The van der Waals surface area contributed by atoms with Crippen LogP contribution in [0, 0.1) is 5.92 Å². The van der Waals surface area contributed by atoms with Gasteiger partial charge in [-0.3, -0.25) is 9.59 Å². The Labute approximate surface area is 138 Å². The molecule has 0 aliphatic heterocycles. The van der Waals surface area contributed by atoms with Crippen molar-refractivity contribution in [3.8, 4) is 0 Å². The van der Waals surface area contributed by atoms with Crippen LogP contribution in [-0.2, 0) is 0 Å². The van der Waals surface area contributed by atoms with Crippen molar-refractivity contribution in [1.82, 2.24) is 5.32 Å². The Morgan fingerprint density at radius 1 is 1.18 bits per heavy atom. The Hall–Kier alpha value is -1.39. The molecule has 1 fully saturated rings. The van der Waals surface area contributed by atoms with Crippen LogP contribution in [0.25, 0.3) is 0 Å². The molecule has 2 rings (SSSR count). The number of hydrogen-bond acceptors (Lipinski definition) is 3. The molecule has 1 saturated carbocycles. The first-order chi connectivity index (χ1) is 10.1. The van der Waals surface area contributed by atoms with Crippen molar-refractivity contribution in [3.63, 3.8) is 0 Å². The predicted molar refractivity (Wildman–Crippen MR) is 90.6 cm³/mol. The second-order valence-electron chi connectivity index (χ2n) is 5.82. The van der Waals surface area contributed by atoms with E-state index in [1.54, 1.807) is 24.3 Å². The van der Waals surface area contributed by atoms with Crippen LogP contribution in [0.1, 0.15) is 59.7 Å². The first-order valence-electron chi connectivity index (χ1n) is 7.74. The highest BCUT2D eigenvalue weighted by Gasteiger charge is 2.25. The second-order valence-corrected chi connectivity index (χ2v) is 5.82. The quantitative estimate of drug-likeness (QED) is 0.818. The monoisotopic (exact) mass is 324 g/mol. The van der Waals surface area contributed by atoms with Gasteiger partial charge in [0.15, 0.2) is 5.78 Å². The van der Waals surface area contributed by atoms with Gasteiger partial charge in [0, 0.05) is 18.2 Å². The van der Waals surface area contributed by atoms with Crippen LogP contribution in [0.4, 0.5) is 0 Å². The Balaban J connectivity index is 0.00000242. The van der Waals surface area contributed by atoms with Crippen molar-refractivity contribution in [3.05, 3.63) is 35.4 Å². The molecule has 0 bridgehead atoms. The first kappa shape index (κ1) is 18.7. The van der Waals surface area contributed by atoms with Crippen LogP contribution in [-0.4, -0.2) is 24.3 Å². The summed E-state index contributed by atoms with van der Waals surface area (Å²) >= 11 is 0. The fraction of sp³-hybridized carbons (Fsp3) is 0.529. The third-order valence-electron chi connectivity index (χ3n) is 4.34. The van der Waals surface area contributed by atoms with E-state index in [9.17, 15) is 9.59 Å². The summed E-state index contributed by atoms with van der Waals surface area (Å²) in [4.78, 5) is 24.1. The maximum atomic E-state index is 12.5. The molecule has 1 amide bonds. The zero-order valence-corrected chi connectivity index (χ0v) is 13.8. The second kappa shape index (κ2) is 8.91. The molecule has 0 radical (unpaired) electrons. The topological polar surface area (TPSA) is 72.2 Å². The summed E-state index contributed by atoms with van der Waals surface area (Å²) in [5.74, 6) is 0.168. The van der Waals surface area contributed by atoms with E-state index in [1.165, 1.54) is 26.2 Å². The Morgan fingerprint density at radius 3 is 2.32 bits per heavy atom. The van der Waals surface area contributed by atoms with E-state index in [1.807, 2.05) is 0 Å². The van der Waals surface area contributed by atoms with E-state index >= 15 is 0 Å². The predicted octanol–water partition coefficient (Wildman–Crippen LogP) is 2.95. The number of ketones is 1. The van der Waals surface area contributed by atoms with Crippen molar-refractivity contribution < 1.29 is 9.59 Å². The van der Waals surface area contributed by atoms with Gasteiger partial charge in [-0.15, -0.1) is 12.4 Å². The van der Waals surface area contributed by atoms with Crippen molar-refractivity contribution in [2.75, 3.05) is 6.54 Å². The summed E-state index contributed by atoms with van der Waals surface area (Å²) in [7, 11) is 0. The van der Waals surface area contributed by atoms with Gasteiger partial charge < -0.3 is 11.1 Å². The summed E-state index contributed by atoms with van der Waals surface area (Å²) in [6.07, 6.45) is 5.93. The summed E-state index contributed by atoms with van der Waals surface area (Å²) in [6.45, 7) is 1.92. The van der Waals surface area contributed by atoms with Crippen LogP contribution in [0.3, 0.4) is 0 Å². The van der Waals surface area contributed by atoms with Gasteiger partial charge in [0.2, 0.25) is 0 Å². The van der Waals surface area contributed by atoms with E-state index in [0.717, 1.165) is 12.8 Å². The molecule has 1 aromatic carbocycles. The summed E-state index contributed by atoms with van der Waals surface area (Å²) < 4.78 is 0. The number of carbonyl (C=O) groups excluding carboxylic acids is 2. The molecule has 0 spiro atoms. The highest BCUT2D eigenvalue weighted by Crippen LogP contribution is 2.26. The third kappa shape index (κ3) is 4.55. The minimum Gasteiger partial charge on any atom is -0.348 e. The number of rotatable bonds is 5. The number of amides is 1. The Bertz CT molecular complexity index is 513. The van der Waals surface area contributed by atoms with Gasteiger partial charge in [0.25, 0.3) is 5.91 Å². The van der Waals surface area contributed by atoms with Crippen LogP contribution in [0.5, 0.6) is 0 Å². The standard InChI is InChI=1S/C17H24N2O2.ClH/c1-12(20)14-9-5-6-10-15(14)17(21)19-16(11-18)13-7-3-2-4-8-13;/h5-6,9-10,13,16H,2-4,7-8,11,18H2,1H3,(H,19,21);1H. The van der Waals surface area contributed by atoms with E-state index < -0.39 is 0 Å². The molecular formula is C17H25ClN2O2. The molecule has 5 heteroatoms. The molecule has 22 heavy (non-hydrogen) atoms. The van der Waals surface area contributed by atoms with Gasteiger partial charge >= 0.3 is 0 Å². The lowest BCUT2D eigenvalue weighted by Gasteiger charge is -2.30. The largest absolute Gasteiger partial charge is 0.348 e. The highest BCUT2D eigenvalue weighted by molar-refractivity contribution is 6.07. The number of carbonyl (C=O) groups is 2. The van der Waals surface area contributed by atoms with Crippen LogP contribution in [0.2, 0.25) is 0 Å². The smallest absolute Gasteiger partial charge is 0.252 e. The molecule has 4 nitrogen and oxygen atoms in total. The van der Waals surface area contributed by atoms with Gasteiger partial charge in [-0.1, -0.05) is 37.5 Å². The van der Waals surface area contributed by atoms with E-state index in [0.29, 0.717) is 23.6 Å². The van der Waals surface area contributed by atoms with E-state index in [4.69, 9.17) is 5.73 Å². The SMILES string of the molecule is CC(=O)c1ccccc1C(=O)NC(CN)C1CCCCC1.Cl. The Kier molecular flexibility index (Phi) is 7.56. The van der Waals surface area contributed by atoms with Crippen molar-refractivity contribution in [2.24, 2.45) is 11.7 Å². The first-order valence-corrected chi connectivity index (χ1v) is 7.74. The normalized spacial score (nSPS) is 16.5. The van der Waals surface area contributed by atoms with E-state index in [-0.39, 0.29) is 30.1 Å². The minimum absolute atomic E-state index is 0. The van der Waals surface area contributed by atoms with Crippen LogP contribution >= 0.6 is 12.4 Å². The van der Waals surface area contributed by atoms with Gasteiger partial charge in [-0.2, -0.15) is 0 Å². The molecule has 1 aliphatic carbocycles. The molecule has 0 heterocycles. The molecule has 1 aromatic rings. The average Bonchev–Trinajstić information content (AvgIpc) is 2.53. The van der Waals surface area contributed by atoms with Crippen molar-refractivity contribution >= 4 is 24.1 Å². The highest BCUT2D eigenvalue weighted by atomic mass is 35.5. The zero-order valence-electron chi connectivity index (χ0n) is 13.0. The number of benzene rings is 1. The van der Waals surface area contributed by atoms with Gasteiger partial charge in [-0.25, -0.2) is 0 Å². The molecule has 122 valence electrons. The summed E-state index contributed by atoms with van der Waals surface area (Å²) in [5.41, 5.74) is 6.76. The van der Waals surface area contributed by atoms with Gasteiger partial charge in [-0.05, 0) is 31.7 Å². The molecule has 1 unspecified atom stereocenters. The Morgan fingerprint density at radius 2 is 1.77 bits per heavy atom. The van der Waals surface area contributed by atoms with Gasteiger partial charge in [0.05, 0.1) is 5.56 Å².